The van der Waals surface area contributed by atoms with Gasteiger partial charge in [0.25, 0.3) is 0 Å². The normalized spacial score (nSPS) is 37.4. The third kappa shape index (κ3) is 5.29. The highest BCUT2D eigenvalue weighted by atomic mass is 16.3. The molecule has 3 aliphatic rings. The molecule has 3 N–H and O–H groups in total. The summed E-state index contributed by atoms with van der Waals surface area (Å²) in [4.78, 5) is 0. The molecule has 3 rings (SSSR count). The van der Waals surface area contributed by atoms with Gasteiger partial charge in [-0.3, -0.25) is 0 Å². The lowest BCUT2D eigenvalue weighted by Gasteiger charge is -2.45. The van der Waals surface area contributed by atoms with Crippen LogP contribution in [0.2, 0.25) is 0 Å². The number of hydrogen-bond donors (Lipinski definition) is 3. The van der Waals surface area contributed by atoms with Crippen molar-refractivity contribution in [1.29, 1.82) is 0 Å². The number of allylic oxidation sites excluding steroid dienone is 4. The Labute approximate surface area is 184 Å². The van der Waals surface area contributed by atoms with Crippen molar-refractivity contribution in [1.82, 2.24) is 0 Å². The first-order valence-corrected chi connectivity index (χ1v) is 12.2. The summed E-state index contributed by atoms with van der Waals surface area (Å²) in [7, 11) is 0. The van der Waals surface area contributed by atoms with Gasteiger partial charge in [0.1, 0.15) is 0 Å². The van der Waals surface area contributed by atoms with Crippen molar-refractivity contribution < 1.29 is 15.3 Å². The molecule has 0 saturated heterocycles. The van der Waals surface area contributed by atoms with E-state index in [1.165, 1.54) is 43.3 Å². The van der Waals surface area contributed by atoms with Crippen LogP contribution < -0.4 is 0 Å². The molecule has 0 aromatic heterocycles. The highest BCUT2D eigenvalue weighted by molar-refractivity contribution is 5.36. The van der Waals surface area contributed by atoms with Gasteiger partial charge in [-0.05, 0) is 107 Å². The van der Waals surface area contributed by atoms with E-state index in [0.29, 0.717) is 24.7 Å². The molecule has 3 fully saturated rings. The van der Waals surface area contributed by atoms with Gasteiger partial charge in [0, 0.05) is 0 Å². The maximum absolute atomic E-state index is 10.9. The van der Waals surface area contributed by atoms with E-state index < -0.39 is 5.60 Å². The van der Waals surface area contributed by atoms with E-state index in [0.717, 1.165) is 19.3 Å². The molecule has 0 heterocycles. The van der Waals surface area contributed by atoms with E-state index in [1.807, 2.05) is 13.8 Å². The maximum Gasteiger partial charge on any atom is 0.0592 e. The van der Waals surface area contributed by atoms with Crippen molar-refractivity contribution in [2.45, 2.75) is 110 Å². The third-order valence-electron chi connectivity index (χ3n) is 8.52. The van der Waals surface area contributed by atoms with Crippen molar-refractivity contribution in [2.75, 3.05) is 0 Å². The van der Waals surface area contributed by atoms with Gasteiger partial charge in [-0.15, -0.1) is 0 Å². The Morgan fingerprint density at radius 3 is 2.63 bits per heavy atom. The lowest BCUT2D eigenvalue weighted by atomic mass is 9.60. The van der Waals surface area contributed by atoms with Crippen LogP contribution in [0.5, 0.6) is 0 Å². The van der Waals surface area contributed by atoms with Gasteiger partial charge in [-0.2, -0.15) is 0 Å². The molecule has 0 radical (unpaired) electrons. The van der Waals surface area contributed by atoms with Crippen molar-refractivity contribution in [3.8, 4) is 0 Å². The fourth-order valence-corrected chi connectivity index (χ4v) is 6.57. The topological polar surface area (TPSA) is 60.7 Å². The van der Waals surface area contributed by atoms with Gasteiger partial charge in [0.05, 0.1) is 17.8 Å². The Kier molecular flexibility index (Phi) is 7.37. The smallest absolute Gasteiger partial charge is 0.0592 e. The first kappa shape index (κ1) is 23.8. The Bertz CT molecular complexity index is 683. The fourth-order valence-electron chi connectivity index (χ4n) is 6.57. The molecular weight excluding hydrogens is 372 g/mol. The van der Waals surface area contributed by atoms with Gasteiger partial charge < -0.3 is 15.3 Å². The first-order chi connectivity index (χ1) is 14.0. The monoisotopic (exact) mass is 416 g/mol. The maximum atomic E-state index is 10.9. The second kappa shape index (κ2) is 9.30. The number of aliphatic hydroxyl groups is 3. The van der Waals surface area contributed by atoms with E-state index in [4.69, 9.17) is 0 Å². The third-order valence-corrected chi connectivity index (χ3v) is 8.52. The molecule has 3 heteroatoms. The SMILES string of the molecule is C=C1CC[C@H](O)C/C1=C/C=C1CCC[C@@]2(C)C1CC[C@@H]2[C@H](C)C(O)CCC(C)(C)O. The minimum atomic E-state index is -0.715. The molecule has 0 bridgehead atoms. The number of hydrogen-bond acceptors (Lipinski definition) is 3. The van der Waals surface area contributed by atoms with Gasteiger partial charge in [0.2, 0.25) is 0 Å². The molecule has 3 saturated carbocycles. The zero-order valence-electron chi connectivity index (χ0n) is 19.7. The van der Waals surface area contributed by atoms with Gasteiger partial charge in [0.15, 0.2) is 0 Å². The summed E-state index contributed by atoms with van der Waals surface area (Å²) < 4.78 is 0. The van der Waals surface area contributed by atoms with Crippen molar-refractivity contribution in [3.05, 3.63) is 35.5 Å². The lowest BCUT2D eigenvalue weighted by molar-refractivity contribution is -0.00259. The van der Waals surface area contributed by atoms with E-state index in [9.17, 15) is 15.3 Å². The Morgan fingerprint density at radius 2 is 1.93 bits per heavy atom. The van der Waals surface area contributed by atoms with Crippen molar-refractivity contribution >= 4 is 0 Å². The standard InChI is InChI=1S/C27H44O3/c1-18-8-11-22(28)17-21(18)10-9-20-7-6-15-27(5)23(12-13-24(20)27)19(2)25(29)14-16-26(3,4)30/h9-10,19,22-25,28-30H,1,6-8,11-17H2,2-5H3/b20-9?,21-10-/t19-,22-,23+,24?,25?,27+/m0/s1. The average Bonchev–Trinajstić information content (AvgIpc) is 3.03. The summed E-state index contributed by atoms with van der Waals surface area (Å²) in [6.07, 6.45) is 13.8. The molecule has 30 heavy (non-hydrogen) atoms. The van der Waals surface area contributed by atoms with Crippen LogP contribution in [-0.4, -0.2) is 33.1 Å². The molecule has 6 atom stereocenters. The second-order valence-corrected chi connectivity index (χ2v) is 11.3. The molecule has 0 aromatic rings. The van der Waals surface area contributed by atoms with E-state index >= 15 is 0 Å². The summed E-state index contributed by atoms with van der Waals surface area (Å²) in [5, 5.41) is 30.9. The number of aliphatic hydroxyl groups excluding tert-OH is 2. The first-order valence-electron chi connectivity index (χ1n) is 12.2. The molecular formula is C27H44O3. The zero-order valence-corrected chi connectivity index (χ0v) is 19.7. The van der Waals surface area contributed by atoms with Crippen LogP contribution in [0.1, 0.15) is 91.9 Å². The molecule has 0 aromatic carbocycles. The molecule has 0 spiro atoms. The predicted molar refractivity (Wildman–Crippen MR) is 124 cm³/mol. The Balaban J connectivity index is 1.72. The summed E-state index contributed by atoms with van der Waals surface area (Å²) in [6.45, 7) is 12.5. The average molecular weight is 417 g/mol. The molecule has 3 aliphatic carbocycles. The van der Waals surface area contributed by atoms with Crippen LogP contribution in [0.15, 0.2) is 35.5 Å². The van der Waals surface area contributed by atoms with Crippen molar-refractivity contribution in [2.24, 2.45) is 23.2 Å². The number of fused-ring (bicyclic) bond motifs is 1. The predicted octanol–water partition coefficient (Wildman–Crippen LogP) is 5.70. The van der Waals surface area contributed by atoms with Crippen LogP contribution in [-0.2, 0) is 0 Å². The van der Waals surface area contributed by atoms with Crippen LogP contribution in [0.3, 0.4) is 0 Å². The second-order valence-electron chi connectivity index (χ2n) is 11.3. The van der Waals surface area contributed by atoms with Crippen LogP contribution in [0.25, 0.3) is 0 Å². The molecule has 3 nitrogen and oxygen atoms in total. The zero-order chi connectivity index (χ0) is 22.1. The quantitative estimate of drug-likeness (QED) is 0.520. The van der Waals surface area contributed by atoms with Crippen molar-refractivity contribution in [3.63, 3.8) is 0 Å². The molecule has 170 valence electrons. The molecule has 0 aliphatic heterocycles. The Morgan fingerprint density at radius 1 is 1.20 bits per heavy atom. The fraction of sp³-hybridized carbons (Fsp3) is 0.778. The highest BCUT2D eigenvalue weighted by Crippen LogP contribution is 2.60. The molecule has 0 amide bonds. The van der Waals surface area contributed by atoms with Crippen LogP contribution >= 0.6 is 0 Å². The van der Waals surface area contributed by atoms with Gasteiger partial charge in [-0.1, -0.05) is 43.7 Å². The largest absolute Gasteiger partial charge is 0.393 e. The lowest BCUT2D eigenvalue weighted by Crippen LogP contribution is -2.39. The van der Waals surface area contributed by atoms with Crippen LogP contribution in [0.4, 0.5) is 0 Å². The van der Waals surface area contributed by atoms with E-state index in [2.05, 4.69) is 32.6 Å². The van der Waals surface area contributed by atoms with Crippen LogP contribution in [0, 0.1) is 23.2 Å². The minimum Gasteiger partial charge on any atom is -0.393 e. The summed E-state index contributed by atoms with van der Waals surface area (Å²) in [5.74, 6) is 1.38. The van der Waals surface area contributed by atoms with E-state index in [-0.39, 0.29) is 23.5 Å². The number of rotatable bonds is 6. The molecule has 2 unspecified atom stereocenters. The Hall–Kier alpha value is -0.900. The highest BCUT2D eigenvalue weighted by Gasteiger charge is 2.51. The summed E-state index contributed by atoms with van der Waals surface area (Å²) >= 11 is 0. The minimum absolute atomic E-state index is 0.223. The van der Waals surface area contributed by atoms with Gasteiger partial charge in [-0.25, -0.2) is 0 Å². The summed E-state index contributed by atoms with van der Waals surface area (Å²) in [5.41, 5.74) is 3.50. The van der Waals surface area contributed by atoms with Gasteiger partial charge >= 0.3 is 0 Å². The summed E-state index contributed by atoms with van der Waals surface area (Å²) in [6, 6.07) is 0. The van der Waals surface area contributed by atoms with E-state index in [1.54, 1.807) is 5.57 Å².